The van der Waals surface area contributed by atoms with Gasteiger partial charge in [-0.1, -0.05) is 23.4 Å². The zero-order valence-corrected chi connectivity index (χ0v) is 13.8. The van der Waals surface area contributed by atoms with Crippen LogP contribution in [0.25, 0.3) is 11.0 Å². The maximum absolute atomic E-state index is 6.06. The predicted octanol–water partition coefficient (Wildman–Crippen LogP) is 4.09. The van der Waals surface area contributed by atoms with E-state index in [9.17, 15) is 0 Å². The van der Waals surface area contributed by atoms with Gasteiger partial charge in [0, 0.05) is 11.6 Å². The van der Waals surface area contributed by atoms with Gasteiger partial charge in [-0.3, -0.25) is 0 Å². The van der Waals surface area contributed by atoms with E-state index in [1.807, 2.05) is 30.3 Å². The monoisotopic (exact) mass is 324 g/mol. The summed E-state index contributed by atoms with van der Waals surface area (Å²) in [5, 5.41) is 4.63. The number of rotatable bonds is 3. The zero-order valence-electron chi connectivity index (χ0n) is 13.8. The molecule has 5 nitrogen and oxygen atoms in total. The Morgan fingerprint density at radius 3 is 3.00 bits per heavy atom. The largest absolute Gasteiger partial charge is 0.489 e. The molecule has 0 amide bonds. The number of nitrogens with two attached hydrogens (primary N) is 1. The third kappa shape index (κ3) is 2.66. The molecule has 0 spiro atoms. The highest BCUT2D eigenvalue weighted by Crippen LogP contribution is 2.36. The Labute approximate surface area is 140 Å². The van der Waals surface area contributed by atoms with Gasteiger partial charge in [0.25, 0.3) is 0 Å². The van der Waals surface area contributed by atoms with Crippen LogP contribution >= 0.6 is 0 Å². The Balaban J connectivity index is 1.57. The second kappa shape index (κ2) is 5.44. The van der Waals surface area contributed by atoms with Crippen LogP contribution in [0.2, 0.25) is 0 Å². The van der Waals surface area contributed by atoms with E-state index >= 15 is 0 Å². The normalized spacial score (nSPS) is 15.8. The number of hydrogen-bond acceptors (Lipinski definition) is 5. The number of hydrogen-bond donors (Lipinski definition) is 1. The van der Waals surface area contributed by atoms with E-state index in [2.05, 4.69) is 25.1 Å². The Morgan fingerprint density at radius 1 is 1.25 bits per heavy atom. The Hall–Kier alpha value is -2.69. The average Bonchev–Trinajstić information content (AvgIpc) is 2.94. The Morgan fingerprint density at radius 2 is 2.12 bits per heavy atom. The molecule has 0 atom stereocenters. The van der Waals surface area contributed by atoms with E-state index in [1.165, 1.54) is 5.56 Å². The second-order valence-electron chi connectivity index (χ2n) is 6.78. The van der Waals surface area contributed by atoms with Gasteiger partial charge in [-0.25, -0.2) is 0 Å². The molecule has 3 aromatic rings. The summed E-state index contributed by atoms with van der Waals surface area (Å²) >= 11 is 0. The summed E-state index contributed by atoms with van der Waals surface area (Å²) < 4.78 is 17.2. The van der Waals surface area contributed by atoms with Crippen LogP contribution in [-0.4, -0.2) is 10.8 Å². The highest BCUT2D eigenvalue weighted by atomic mass is 16.5. The van der Waals surface area contributed by atoms with Crippen molar-refractivity contribution in [3.05, 3.63) is 47.5 Å². The molecule has 1 aromatic heterocycles. The lowest BCUT2D eigenvalue weighted by Crippen LogP contribution is -2.32. The molecule has 24 heavy (non-hydrogen) atoms. The molecule has 0 saturated carbocycles. The molecule has 5 heteroatoms. The molecule has 0 saturated heterocycles. The Kier molecular flexibility index (Phi) is 3.37. The maximum Gasteiger partial charge on any atom is 0.175 e. The van der Waals surface area contributed by atoms with Crippen LogP contribution in [0.1, 0.15) is 31.4 Å². The number of aryl methyl sites for hydroxylation is 1. The number of fused-ring (bicyclic) bond motifs is 2. The van der Waals surface area contributed by atoms with Crippen LogP contribution in [0.4, 0.5) is 5.82 Å². The summed E-state index contributed by atoms with van der Waals surface area (Å²) in [6, 6.07) is 11.7. The molecule has 124 valence electrons. The van der Waals surface area contributed by atoms with Crippen LogP contribution < -0.4 is 15.2 Å². The van der Waals surface area contributed by atoms with E-state index in [1.54, 1.807) is 0 Å². The van der Waals surface area contributed by atoms with Crippen molar-refractivity contribution in [1.82, 2.24) is 5.16 Å². The van der Waals surface area contributed by atoms with Gasteiger partial charge in [0.1, 0.15) is 23.7 Å². The van der Waals surface area contributed by atoms with Crippen molar-refractivity contribution < 1.29 is 14.0 Å². The summed E-state index contributed by atoms with van der Waals surface area (Å²) in [7, 11) is 0. The highest BCUT2D eigenvalue weighted by molar-refractivity contribution is 5.90. The minimum absolute atomic E-state index is 0.131. The van der Waals surface area contributed by atoms with Crippen molar-refractivity contribution in [3.63, 3.8) is 0 Å². The van der Waals surface area contributed by atoms with E-state index < -0.39 is 0 Å². The SMILES string of the molecule is CC1(C)CCc2ccc(OCc3cccc4onc(N)c34)cc2O1. The fraction of sp³-hybridized carbons (Fsp3) is 0.316. The summed E-state index contributed by atoms with van der Waals surface area (Å²) in [6.45, 7) is 4.61. The van der Waals surface area contributed by atoms with E-state index in [0.717, 1.165) is 35.3 Å². The van der Waals surface area contributed by atoms with Crippen molar-refractivity contribution in [1.29, 1.82) is 0 Å². The average molecular weight is 324 g/mol. The first-order valence-electron chi connectivity index (χ1n) is 8.09. The Bertz CT molecular complexity index is 899. The smallest absolute Gasteiger partial charge is 0.175 e. The minimum Gasteiger partial charge on any atom is -0.489 e. The lowest BCUT2D eigenvalue weighted by atomic mass is 9.94. The first-order valence-corrected chi connectivity index (χ1v) is 8.09. The van der Waals surface area contributed by atoms with Gasteiger partial charge in [-0.2, -0.15) is 0 Å². The van der Waals surface area contributed by atoms with Crippen LogP contribution in [0.3, 0.4) is 0 Å². The van der Waals surface area contributed by atoms with Crippen LogP contribution in [0.15, 0.2) is 40.9 Å². The van der Waals surface area contributed by atoms with Crippen LogP contribution in [-0.2, 0) is 13.0 Å². The van der Waals surface area contributed by atoms with Gasteiger partial charge in [-0.15, -0.1) is 0 Å². The van der Waals surface area contributed by atoms with E-state index in [4.69, 9.17) is 19.7 Å². The van der Waals surface area contributed by atoms with E-state index in [0.29, 0.717) is 18.0 Å². The predicted molar refractivity (Wildman–Crippen MR) is 92.2 cm³/mol. The quantitative estimate of drug-likeness (QED) is 0.785. The van der Waals surface area contributed by atoms with Gasteiger partial charge in [0.15, 0.2) is 11.4 Å². The van der Waals surface area contributed by atoms with Crippen LogP contribution in [0.5, 0.6) is 11.5 Å². The number of aromatic nitrogens is 1. The summed E-state index contributed by atoms with van der Waals surface area (Å²) in [5.41, 5.74) is 8.60. The zero-order chi connectivity index (χ0) is 16.7. The molecule has 1 aliphatic rings. The number of anilines is 1. The van der Waals surface area contributed by atoms with Gasteiger partial charge in [0.2, 0.25) is 0 Å². The standard InChI is InChI=1S/C19H20N2O3/c1-19(2)9-8-12-6-7-14(10-16(12)23-19)22-11-13-4-3-5-15-17(13)18(20)21-24-15/h3-7,10H,8-9,11H2,1-2H3,(H2,20,21). The molecule has 0 bridgehead atoms. The third-order valence-electron chi connectivity index (χ3n) is 4.43. The fourth-order valence-electron chi connectivity index (χ4n) is 3.08. The molecule has 0 fully saturated rings. The molecule has 1 aliphatic heterocycles. The molecule has 0 aliphatic carbocycles. The lowest BCUT2D eigenvalue weighted by Gasteiger charge is -2.32. The van der Waals surface area contributed by atoms with Crippen molar-refractivity contribution in [2.24, 2.45) is 0 Å². The first kappa shape index (κ1) is 14.9. The summed E-state index contributed by atoms with van der Waals surface area (Å²) in [4.78, 5) is 0. The number of ether oxygens (including phenoxy) is 2. The van der Waals surface area contributed by atoms with Gasteiger partial charge in [-0.05, 0) is 44.4 Å². The summed E-state index contributed by atoms with van der Waals surface area (Å²) in [5.74, 6) is 2.07. The second-order valence-corrected chi connectivity index (χ2v) is 6.78. The van der Waals surface area contributed by atoms with Crippen molar-refractivity contribution >= 4 is 16.8 Å². The molecule has 0 unspecified atom stereocenters. The third-order valence-corrected chi connectivity index (χ3v) is 4.43. The van der Waals surface area contributed by atoms with Crippen LogP contribution in [0, 0.1) is 0 Å². The van der Waals surface area contributed by atoms with Crippen molar-refractivity contribution in [2.75, 3.05) is 5.73 Å². The number of nitrogen functional groups attached to an aromatic ring is 1. The van der Waals surface area contributed by atoms with Gasteiger partial charge in [0.05, 0.1) is 5.39 Å². The number of benzene rings is 2. The van der Waals surface area contributed by atoms with Gasteiger partial charge >= 0.3 is 0 Å². The molecule has 2 heterocycles. The molecule has 4 rings (SSSR count). The molecule has 2 aromatic carbocycles. The topological polar surface area (TPSA) is 70.5 Å². The number of nitrogens with zero attached hydrogens (tertiary/aromatic N) is 1. The first-order chi connectivity index (χ1) is 11.5. The fourth-order valence-corrected chi connectivity index (χ4v) is 3.08. The van der Waals surface area contributed by atoms with Crippen molar-refractivity contribution in [2.45, 2.75) is 38.9 Å². The molecule has 2 N–H and O–H groups in total. The lowest BCUT2D eigenvalue weighted by molar-refractivity contribution is 0.0842. The molecule has 0 radical (unpaired) electrons. The minimum atomic E-state index is -0.131. The molecular formula is C19H20N2O3. The summed E-state index contributed by atoms with van der Waals surface area (Å²) in [6.07, 6.45) is 2.05. The van der Waals surface area contributed by atoms with Crippen molar-refractivity contribution in [3.8, 4) is 11.5 Å². The molecular weight excluding hydrogens is 304 g/mol. The highest BCUT2D eigenvalue weighted by Gasteiger charge is 2.26. The maximum atomic E-state index is 6.06. The van der Waals surface area contributed by atoms with E-state index in [-0.39, 0.29) is 5.60 Å². The van der Waals surface area contributed by atoms with Gasteiger partial charge < -0.3 is 19.7 Å².